The highest BCUT2D eigenvalue weighted by Crippen LogP contribution is 2.37. The molecule has 3 aromatic carbocycles. The molecule has 0 aliphatic heterocycles. The molecule has 0 bridgehead atoms. The van der Waals surface area contributed by atoms with E-state index in [2.05, 4.69) is 11.9 Å². The van der Waals surface area contributed by atoms with E-state index in [0.29, 0.717) is 29.1 Å². The third kappa shape index (κ3) is 7.81. The minimum Gasteiger partial charge on any atom is -0.494 e. The molecular formula is C32H41NO7S. The van der Waals surface area contributed by atoms with Crippen molar-refractivity contribution in [3.05, 3.63) is 78.1 Å². The van der Waals surface area contributed by atoms with E-state index in [4.69, 9.17) is 23.7 Å². The molecule has 9 heteroatoms. The van der Waals surface area contributed by atoms with Crippen molar-refractivity contribution in [2.75, 3.05) is 41.5 Å². The lowest BCUT2D eigenvalue weighted by Gasteiger charge is -2.18. The smallest absolute Gasteiger partial charge is 0.210 e. The Bertz CT molecular complexity index is 1490. The maximum atomic E-state index is 13.6. The van der Waals surface area contributed by atoms with Crippen LogP contribution < -0.4 is 14.2 Å². The summed E-state index contributed by atoms with van der Waals surface area (Å²) in [6.45, 7) is 6.15. The summed E-state index contributed by atoms with van der Waals surface area (Å²) in [5.41, 5.74) is 1.74. The van der Waals surface area contributed by atoms with Crippen molar-refractivity contribution in [3.63, 3.8) is 0 Å². The summed E-state index contributed by atoms with van der Waals surface area (Å²) in [6.07, 6.45) is 1.86. The van der Waals surface area contributed by atoms with Crippen LogP contribution in [0.15, 0.2) is 80.9 Å². The lowest BCUT2D eigenvalue weighted by molar-refractivity contribution is 0.275. The summed E-state index contributed by atoms with van der Waals surface area (Å²) >= 11 is 0. The number of para-hydroxylation sites is 1. The van der Waals surface area contributed by atoms with Crippen molar-refractivity contribution >= 4 is 20.8 Å². The lowest BCUT2D eigenvalue weighted by Crippen LogP contribution is -2.19. The zero-order chi connectivity index (χ0) is 30.0. The second kappa shape index (κ2) is 14.9. The van der Waals surface area contributed by atoms with Crippen molar-refractivity contribution in [1.29, 1.82) is 0 Å². The van der Waals surface area contributed by atoms with Gasteiger partial charge in [0.15, 0.2) is 11.5 Å². The molecule has 1 heterocycles. The second-order valence-corrected chi connectivity index (χ2v) is 11.8. The predicted octanol–water partition coefficient (Wildman–Crippen LogP) is 6.31. The van der Waals surface area contributed by atoms with Gasteiger partial charge in [-0.25, -0.2) is 8.42 Å². The molecule has 0 aliphatic carbocycles. The standard InChI is InChI=1S/C31H37NO6S.CH4O/c1-22(2)30-31(26-10-6-7-11-27(26)38-30)39(33,34)25-15-13-24(14-16-25)37-19-9-8-18-32(3)21-23-12-17-28(35-4)29(20-23)36-5;1-2/h6-7,10-17,20,22H,8-9,18-19,21H2,1-5H3;2H,1H3. The van der Waals surface area contributed by atoms with Crippen LogP contribution in [-0.4, -0.2) is 60.0 Å². The molecule has 0 aliphatic rings. The Hall–Kier alpha value is -3.53. The van der Waals surface area contributed by atoms with Gasteiger partial charge >= 0.3 is 0 Å². The van der Waals surface area contributed by atoms with Crippen molar-refractivity contribution in [2.45, 2.75) is 48.9 Å². The van der Waals surface area contributed by atoms with Crippen LogP contribution >= 0.6 is 0 Å². The number of nitrogens with zero attached hydrogens (tertiary/aromatic N) is 1. The third-order valence-electron chi connectivity index (χ3n) is 6.61. The Balaban J connectivity index is 0.00000226. The van der Waals surface area contributed by atoms with Crippen LogP contribution in [0, 0.1) is 0 Å². The number of aliphatic hydroxyl groups excluding tert-OH is 1. The number of methoxy groups -OCH3 is 2. The van der Waals surface area contributed by atoms with Crippen LogP contribution in [-0.2, 0) is 16.4 Å². The van der Waals surface area contributed by atoms with E-state index in [0.717, 1.165) is 50.1 Å². The minimum atomic E-state index is -3.76. The fourth-order valence-electron chi connectivity index (χ4n) is 4.57. The quantitative estimate of drug-likeness (QED) is 0.183. The van der Waals surface area contributed by atoms with E-state index in [1.54, 1.807) is 50.6 Å². The highest BCUT2D eigenvalue weighted by molar-refractivity contribution is 7.91. The number of hydrogen-bond donors (Lipinski definition) is 1. The molecule has 222 valence electrons. The van der Waals surface area contributed by atoms with Crippen LogP contribution in [0.4, 0.5) is 0 Å². The minimum absolute atomic E-state index is 0.0668. The first-order valence-corrected chi connectivity index (χ1v) is 15.1. The first kappa shape index (κ1) is 32.0. The number of unbranched alkanes of at least 4 members (excludes halogenated alkanes) is 1. The predicted molar refractivity (Wildman–Crippen MR) is 161 cm³/mol. The van der Waals surface area contributed by atoms with Crippen molar-refractivity contribution in [3.8, 4) is 17.2 Å². The SMILES string of the molecule is CO.COc1ccc(CN(C)CCCCOc2ccc(S(=O)(=O)c3c(C(C)C)oc4ccccc34)cc2)cc1OC. The molecule has 0 amide bonds. The van der Waals surface area contributed by atoms with E-state index in [1.165, 1.54) is 0 Å². The van der Waals surface area contributed by atoms with Gasteiger partial charge in [0, 0.05) is 25.0 Å². The van der Waals surface area contributed by atoms with Gasteiger partial charge in [0.05, 0.1) is 25.7 Å². The average Bonchev–Trinajstić information content (AvgIpc) is 3.39. The Kier molecular flexibility index (Phi) is 11.6. The molecule has 0 saturated carbocycles. The summed E-state index contributed by atoms with van der Waals surface area (Å²) in [7, 11) is 2.60. The molecule has 1 N–H and O–H groups in total. The maximum absolute atomic E-state index is 13.6. The largest absolute Gasteiger partial charge is 0.494 e. The Morgan fingerprint density at radius 3 is 2.24 bits per heavy atom. The molecule has 8 nitrogen and oxygen atoms in total. The molecule has 0 spiro atoms. The molecule has 0 saturated heterocycles. The monoisotopic (exact) mass is 583 g/mol. The molecule has 0 unspecified atom stereocenters. The maximum Gasteiger partial charge on any atom is 0.210 e. The average molecular weight is 584 g/mol. The van der Waals surface area contributed by atoms with E-state index in [-0.39, 0.29) is 15.7 Å². The number of aliphatic hydroxyl groups is 1. The molecule has 1 aromatic heterocycles. The van der Waals surface area contributed by atoms with Crippen molar-refractivity contribution in [1.82, 2.24) is 4.90 Å². The molecule has 41 heavy (non-hydrogen) atoms. The topological polar surface area (TPSA) is 98.4 Å². The van der Waals surface area contributed by atoms with Crippen LogP contribution in [0.2, 0.25) is 0 Å². The Morgan fingerprint density at radius 2 is 1.59 bits per heavy atom. The number of ether oxygens (including phenoxy) is 3. The fourth-order valence-corrected chi connectivity index (χ4v) is 6.30. The first-order valence-electron chi connectivity index (χ1n) is 13.6. The number of furan rings is 1. The zero-order valence-electron chi connectivity index (χ0n) is 24.7. The van der Waals surface area contributed by atoms with Gasteiger partial charge in [0.2, 0.25) is 9.84 Å². The highest BCUT2D eigenvalue weighted by atomic mass is 32.2. The van der Waals surface area contributed by atoms with Crippen LogP contribution in [0.3, 0.4) is 0 Å². The van der Waals surface area contributed by atoms with Crippen molar-refractivity contribution < 1.29 is 32.2 Å². The summed E-state index contributed by atoms with van der Waals surface area (Å²) in [5, 5.41) is 7.61. The van der Waals surface area contributed by atoms with Crippen LogP contribution in [0.1, 0.15) is 43.9 Å². The first-order chi connectivity index (χ1) is 19.7. The molecule has 4 rings (SSSR count). The van der Waals surface area contributed by atoms with Gasteiger partial charge in [0.1, 0.15) is 22.0 Å². The second-order valence-electron chi connectivity index (χ2n) is 9.90. The molecular weight excluding hydrogens is 542 g/mol. The summed E-state index contributed by atoms with van der Waals surface area (Å²) in [5.74, 6) is 2.51. The summed E-state index contributed by atoms with van der Waals surface area (Å²) in [4.78, 5) is 2.73. The lowest BCUT2D eigenvalue weighted by atomic mass is 10.1. The van der Waals surface area contributed by atoms with E-state index in [1.807, 2.05) is 44.2 Å². The van der Waals surface area contributed by atoms with Crippen LogP contribution in [0.25, 0.3) is 11.0 Å². The van der Waals surface area contributed by atoms with E-state index >= 15 is 0 Å². The molecule has 0 radical (unpaired) electrons. The number of sulfone groups is 1. The van der Waals surface area contributed by atoms with Gasteiger partial charge in [-0.05, 0) is 80.5 Å². The van der Waals surface area contributed by atoms with Gasteiger partial charge in [0.25, 0.3) is 0 Å². The van der Waals surface area contributed by atoms with Gasteiger partial charge in [-0.3, -0.25) is 0 Å². The number of hydrogen-bond acceptors (Lipinski definition) is 8. The Morgan fingerprint density at radius 1 is 0.902 bits per heavy atom. The third-order valence-corrected chi connectivity index (χ3v) is 8.46. The normalized spacial score (nSPS) is 11.4. The number of benzene rings is 3. The highest BCUT2D eigenvalue weighted by Gasteiger charge is 2.29. The number of rotatable bonds is 13. The van der Waals surface area contributed by atoms with E-state index in [9.17, 15) is 8.42 Å². The molecule has 4 aromatic rings. The number of fused-ring (bicyclic) bond motifs is 1. The van der Waals surface area contributed by atoms with Gasteiger partial charge in [-0.1, -0.05) is 32.0 Å². The van der Waals surface area contributed by atoms with Crippen LogP contribution in [0.5, 0.6) is 17.2 Å². The van der Waals surface area contributed by atoms with Gasteiger partial charge < -0.3 is 28.6 Å². The Labute approximate surface area is 243 Å². The summed E-state index contributed by atoms with van der Waals surface area (Å²) < 4.78 is 49.7. The van der Waals surface area contributed by atoms with Crippen molar-refractivity contribution in [2.24, 2.45) is 0 Å². The fraction of sp³-hybridized carbons (Fsp3) is 0.375. The summed E-state index contributed by atoms with van der Waals surface area (Å²) in [6, 6.07) is 19.9. The van der Waals surface area contributed by atoms with Gasteiger partial charge in [-0.15, -0.1) is 0 Å². The zero-order valence-corrected chi connectivity index (χ0v) is 25.5. The molecule has 0 atom stereocenters. The van der Waals surface area contributed by atoms with E-state index < -0.39 is 9.84 Å². The van der Waals surface area contributed by atoms with Gasteiger partial charge in [-0.2, -0.15) is 0 Å². The molecule has 0 fully saturated rings.